The fourth-order valence-corrected chi connectivity index (χ4v) is 1.62. The van der Waals surface area contributed by atoms with Crippen molar-refractivity contribution in [1.82, 2.24) is 5.32 Å². The summed E-state index contributed by atoms with van der Waals surface area (Å²) in [6.45, 7) is 8.41. The predicted octanol–water partition coefficient (Wildman–Crippen LogP) is 1.31. The van der Waals surface area contributed by atoms with Gasteiger partial charge in [-0.25, -0.2) is 0 Å². The Kier molecular flexibility index (Phi) is 9.77. The molecule has 0 spiro atoms. The summed E-state index contributed by atoms with van der Waals surface area (Å²) in [6.07, 6.45) is 1.73. The predicted molar refractivity (Wildman–Crippen MR) is 73.2 cm³/mol. The lowest BCUT2D eigenvalue weighted by Crippen LogP contribution is -2.50. The van der Waals surface area contributed by atoms with Gasteiger partial charge in [-0.05, 0) is 38.5 Å². The lowest BCUT2D eigenvalue weighted by Gasteiger charge is -2.22. The molecule has 104 valence electrons. The second-order valence-corrected chi connectivity index (χ2v) is 5.44. The minimum absolute atomic E-state index is 0. The molecule has 4 N–H and O–H groups in total. The van der Waals surface area contributed by atoms with Gasteiger partial charge in [0.05, 0.1) is 5.54 Å². The molecule has 0 saturated carbocycles. The minimum Gasteiger partial charge on any atom is -0.396 e. The summed E-state index contributed by atoms with van der Waals surface area (Å²) >= 11 is 0. The zero-order valence-electron chi connectivity index (χ0n) is 11.3. The zero-order chi connectivity index (χ0) is 12.8. The van der Waals surface area contributed by atoms with Crippen LogP contribution in [0, 0.1) is 11.8 Å². The summed E-state index contributed by atoms with van der Waals surface area (Å²) < 4.78 is 0. The van der Waals surface area contributed by atoms with E-state index in [2.05, 4.69) is 19.2 Å². The van der Waals surface area contributed by atoms with Crippen LogP contribution in [-0.2, 0) is 4.79 Å². The van der Waals surface area contributed by atoms with Gasteiger partial charge in [-0.1, -0.05) is 13.8 Å². The topological polar surface area (TPSA) is 75.3 Å². The third-order valence-electron chi connectivity index (χ3n) is 2.48. The number of halogens is 1. The van der Waals surface area contributed by atoms with Gasteiger partial charge in [0.2, 0.25) is 5.91 Å². The lowest BCUT2D eigenvalue weighted by molar-refractivity contribution is -0.125. The SMILES string of the molecule is CC(C)CC(CCO)CNC(=O)C(C)(C)N.Cl. The number of hydrogen-bond acceptors (Lipinski definition) is 3. The average Bonchev–Trinajstić information content (AvgIpc) is 2.11. The molecule has 0 aromatic carbocycles. The second kappa shape index (κ2) is 8.72. The van der Waals surface area contributed by atoms with Crippen LogP contribution in [0.15, 0.2) is 0 Å². The van der Waals surface area contributed by atoms with Crippen LogP contribution in [0.4, 0.5) is 0 Å². The maximum absolute atomic E-state index is 11.6. The normalized spacial score (nSPS) is 13.1. The van der Waals surface area contributed by atoms with Crippen LogP contribution < -0.4 is 11.1 Å². The van der Waals surface area contributed by atoms with Crippen molar-refractivity contribution >= 4 is 18.3 Å². The van der Waals surface area contributed by atoms with Crippen molar-refractivity contribution in [3.8, 4) is 0 Å². The van der Waals surface area contributed by atoms with Crippen LogP contribution in [0.3, 0.4) is 0 Å². The van der Waals surface area contributed by atoms with Gasteiger partial charge in [-0.15, -0.1) is 12.4 Å². The zero-order valence-corrected chi connectivity index (χ0v) is 12.1. The summed E-state index contributed by atoms with van der Waals surface area (Å²) in [5, 5.41) is 11.8. The third-order valence-corrected chi connectivity index (χ3v) is 2.48. The van der Waals surface area contributed by atoms with Gasteiger partial charge in [0.25, 0.3) is 0 Å². The number of carbonyl (C=O) groups excluding carboxylic acids is 1. The molecule has 0 bridgehead atoms. The van der Waals surface area contributed by atoms with Crippen LogP contribution in [0.5, 0.6) is 0 Å². The van der Waals surface area contributed by atoms with Crippen molar-refractivity contribution in [2.24, 2.45) is 17.6 Å². The first kappa shape index (κ1) is 19.0. The molecule has 17 heavy (non-hydrogen) atoms. The summed E-state index contributed by atoms with van der Waals surface area (Å²) in [7, 11) is 0. The molecule has 1 atom stereocenters. The number of hydrogen-bond donors (Lipinski definition) is 3. The van der Waals surface area contributed by atoms with Gasteiger partial charge in [0.15, 0.2) is 0 Å². The van der Waals surface area contributed by atoms with Crippen molar-refractivity contribution in [2.45, 2.75) is 46.1 Å². The quantitative estimate of drug-likeness (QED) is 0.650. The third kappa shape index (κ3) is 9.39. The van der Waals surface area contributed by atoms with Crippen LogP contribution >= 0.6 is 12.4 Å². The number of aliphatic hydroxyl groups excluding tert-OH is 1. The largest absolute Gasteiger partial charge is 0.396 e. The molecule has 0 aliphatic carbocycles. The molecule has 4 nitrogen and oxygen atoms in total. The number of nitrogens with two attached hydrogens (primary N) is 1. The molecule has 0 heterocycles. The van der Waals surface area contributed by atoms with Crippen LogP contribution in [0.1, 0.15) is 40.5 Å². The molecule has 0 fully saturated rings. The lowest BCUT2D eigenvalue weighted by atomic mass is 9.94. The number of rotatable bonds is 7. The van der Waals surface area contributed by atoms with Crippen LogP contribution in [0.25, 0.3) is 0 Å². The van der Waals surface area contributed by atoms with Crippen LogP contribution in [0.2, 0.25) is 0 Å². The average molecular weight is 267 g/mol. The van der Waals surface area contributed by atoms with E-state index in [1.165, 1.54) is 0 Å². The van der Waals surface area contributed by atoms with Crippen molar-refractivity contribution in [3.05, 3.63) is 0 Å². The Hall–Kier alpha value is -0.320. The standard InChI is InChI=1S/C12H26N2O2.ClH/c1-9(2)7-10(5-6-15)8-14-11(16)12(3,4)13;/h9-10,15H,5-8,13H2,1-4H3,(H,14,16);1H. The minimum atomic E-state index is -0.832. The Morgan fingerprint density at radius 1 is 1.41 bits per heavy atom. The van der Waals surface area contributed by atoms with Gasteiger partial charge >= 0.3 is 0 Å². The van der Waals surface area contributed by atoms with E-state index in [1.807, 2.05) is 0 Å². The molecule has 0 aromatic heterocycles. The van der Waals surface area contributed by atoms with Crippen LogP contribution in [-0.4, -0.2) is 29.7 Å². The Balaban J connectivity index is 0. The first-order valence-electron chi connectivity index (χ1n) is 5.95. The van der Waals surface area contributed by atoms with Gasteiger partial charge in [0, 0.05) is 13.2 Å². The first-order valence-corrected chi connectivity index (χ1v) is 5.95. The number of nitrogens with one attached hydrogen (secondary N) is 1. The Labute approximate surface area is 111 Å². The summed E-state index contributed by atoms with van der Waals surface area (Å²) in [5.74, 6) is 0.759. The second-order valence-electron chi connectivity index (χ2n) is 5.44. The molecular weight excluding hydrogens is 240 g/mol. The van der Waals surface area contributed by atoms with E-state index < -0.39 is 5.54 Å². The maximum atomic E-state index is 11.6. The van der Waals surface area contributed by atoms with E-state index in [0.29, 0.717) is 18.4 Å². The van der Waals surface area contributed by atoms with Crippen molar-refractivity contribution < 1.29 is 9.90 Å². The molecule has 0 rings (SSSR count). The van der Waals surface area contributed by atoms with Crippen molar-refractivity contribution in [1.29, 1.82) is 0 Å². The summed E-state index contributed by atoms with van der Waals surface area (Å²) in [6, 6.07) is 0. The van der Waals surface area contributed by atoms with E-state index in [-0.39, 0.29) is 24.9 Å². The number of aliphatic hydroxyl groups is 1. The fourth-order valence-electron chi connectivity index (χ4n) is 1.62. The fraction of sp³-hybridized carbons (Fsp3) is 0.917. The van der Waals surface area contributed by atoms with E-state index >= 15 is 0 Å². The summed E-state index contributed by atoms with van der Waals surface area (Å²) in [5.41, 5.74) is 4.85. The molecular formula is C12H27ClN2O2. The van der Waals surface area contributed by atoms with Crippen molar-refractivity contribution in [3.63, 3.8) is 0 Å². The van der Waals surface area contributed by atoms with Crippen molar-refractivity contribution in [2.75, 3.05) is 13.2 Å². The molecule has 1 amide bonds. The Morgan fingerprint density at radius 2 is 1.94 bits per heavy atom. The number of amides is 1. The summed E-state index contributed by atoms with van der Waals surface area (Å²) in [4.78, 5) is 11.6. The number of carbonyl (C=O) groups is 1. The van der Waals surface area contributed by atoms with E-state index in [0.717, 1.165) is 12.8 Å². The Morgan fingerprint density at radius 3 is 2.29 bits per heavy atom. The molecule has 0 saturated heterocycles. The first-order chi connectivity index (χ1) is 7.27. The highest BCUT2D eigenvalue weighted by atomic mass is 35.5. The van der Waals surface area contributed by atoms with Gasteiger partial charge < -0.3 is 16.2 Å². The smallest absolute Gasteiger partial charge is 0.239 e. The van der Waals surface area contributed by atoms with Gasteiger partial charge in [-0.2, -0.15) is 0 Å². The van der Waals surface area contributed by atoms with E-state index in [4.69, 9.17) is 10.8 Å². The Bertz CT molecular complexity index is 215. The molecule has 0 radical (unpaired) electrons. The monoisotopic (exact) mass is 266 g/mol. The highest BCUT2D eigenvalue weighted by molar-refractivity contribution is 5.85. The van der Waals surface area contributed by atoms with Gasteiger partial charge in [-0.3, -0.25) is 4.79 Å². The van der Waals surface area contributed by atoms with Gasteiger partial charge in [0.1, 0.15) is 0 Å². The van der Waals surface area contributed by atoms with E-state index in [1.54, 1.807) is 13.8 Å². The highest BCUT2D eigenvalue weighted by Gasteiger charge is 2.22. The maximum Gasteiger partial charge on any atom is 0.239 e. The molecule has 0 aliphatic rings. The molecule has 0 aliphatic heterocycles. The highest BCUT2D eigenvalue weighted by Crippen LogP contribution is 2.14. The molecule has 1 unspecified atom stereocenters. The molecule has 5 heteroatoms. The molecule has 0 aromatic rings. The van der Waals surface area contributed by atoms with E-state index in [9.17, 15) is 4.79 Å².